The molecule has 0 aliphatic rings. The molecule has 0 fully saturated rings. The van der Waals surface area contributed by atoms with E-state index in [4.69, 9.17) is 4.57 Å². The minimum Gasteiger partial charge on any atom is 0 e. The van der Waals surface area contributed by atoms with Crippen LogP contribution in [-0.4, -0.2) is 48.9 Å². The molecule has 0 atom stereocenters. The predicted octanol–water partition coefficient (Wildman–Crippen LogP) is -0.444. The second kappa shape index (κ2) is 18.2. The van der Waals surface area contributed by atoms with E-state index in [0.29, 0.717) is 0 Å². The third-order valence-corrected chi connectivity index (χ3v) is 0. The molecule has 0 aromatic heterocycles. The van der Waals surface area contributed by atoms with E-state index in [1.807, 2.05) is 0 Å². The first-order chi connectivity index (χ1) is 1.00. The Morgan fingerprint density at radius 1 is 1.25 bits per heavy atom. The van der Waals surface area contributed by atoms with Gasteiger partial charge in [0, 0.05) is 21.7 Å². The Balaban J connectivity index is -0.00000000500. The van der Waals surface area contributed by atoms with Crippen molar-refractivity contribution >= 4 is 58.0 Å². The largest absolute Gasteiger partial charge is 0 e. The number of hydrogen-bond donors (Lipinski definition) is 0. The maximum atomic E-state index is 8.06. The molecule has 0 N–H and O–H groups in total. The van der Waals surface area contributed by atoms with Crippen LogP contribution in [-0.2, 0) is 26.3 Å². The molecule has 0 aliphatic carbocycles. The molecule has 0 saturated carbocycles. The van der Waals surface area contributed by atoms with Crippen molar-refractivity contribution in [3.05, 3.63) is 0 Å². The van der Waals surface area contributed by atoms with E-state index in [-0.39, 0.29) is 70.6 Å². The second-order valence-electron chi connectivity index (χ2n) is 0. The van der Waals surface area contributed by atoms with Crippen molar-refractivity contribution in [3.8, 4) is 0 Å². The zero-order valence-corrected chi connectivity index (χ0v) is 3.97. The third-order valence-electron chi connectivity index (χ3n) is 0. The van der Waals surface area contributed by atoms with Gasteiger partial charge in [-0.1, -0.05) is 0 Å². The van der Waals surface area contributed by atoms with Gasteiger partial charge in [0.25, 0.3) is 0 Å². The van der Waals surface area contributed by atoms with Crippen molar-refractivity contribution in [3.63, 3.8) is 0 Å². The summed E-state index contributed by atoms with van der Waals surface area (Å²) in [6.07, 6.45) is 0. The predicted molar refractivity (Wildman–Crippen MR) is 17.5 cm³/mol. The number of hydrogen-bond acceptors (Lipinski definition) is 1. The van der Waals surface area contributed by atoms with Gasteiger partial charge in [-0.25, -0.2) is 0 Å². The Bertz CT molecular complexity index is 8.00. The van der Waals surface area contributed by atoms with Crippen molar-refractivity contribution in [2.45, 2.75) is 0 Å². The Morgan fingerprint density at radius 2 is 1.25 bits per heavy atom. The van der Waals surface area contributed by atoms with E-state index in [2.05, 4.69) is 0 Å². The Labute approximate surface area is 82.5 Å². The minimum absolute atomic E-state index is 0. The standard InChI is InChI=1S/Ba.HOP.Ti.2H/c;1-2;;;/h;2H;;;. The second-order valence-corrected chi connectivity index (χ2v) is 0. The average Bonchev–Trinajstić information content (AvgIpc) is 1.00. The average molecular weight is 235 g/mol. The van der Waals surface area contributed by atoms with Crippen LogP contribution >= 0.6 is 9.12 Å². The summed E-state index contributed by atoms with van der Waals surface area (Å²) in [4.78, 5) is 0. The molecule has 4 heteroatoms. The van der Waals surface area contributed by atoms with Crippen molar-refractivity contribution in [2.75, 3.05) is 0 Å². The van der Waals surface area contributed by atoms with Crippen LogP contribution in [0, 0.1) is 0 Å². The van der Waals surface area contributed by atoms with Crippen LogP contribution in [0.5, 0.6) is 0 Å². The van der Waals surface area contributed by atoms with E-state index in [1.165, 1.54) is 0 Å². The molecule has 0 aliphatic heterocycles. The molecular formula is H3BaOPTi. The van der Waals surface area contributed by atoms with Crippen LogP contribution in [0.4, 0.5) is 0 Å². The first kappa shape index (κ1) is 16.2. The first-order valence-corrected chi connectivity index (χ1v) is 0.612. The van der Waals surface area contributed by atoms with E-state index < -0.39 is 0 Å². The summed E-state index contributed by atoms with van der Waals surface area (Å²) in [5.74, 6) is 0. The molecule has 0 heterocycles. The summed E-state index contributed by atoms with van der Waals surface area (Å²) in [5.41, 5.74) is 0. The molecule has 0 unspecified atom stereocenters. The third kappa shape index (κ3) is 8.83. The van der Waals surface area contributed by atoms with Crippen LogP contribution in [0.2, 0.25) is 0 Å². The first-order valence-electron chi connectivity index (χ1n) is 0.204. The van der Waals surface area contributed by atoms with Gasteiger partial charge in [0.2, 0.25) is 0 Å². The minimum atomic E-state index is 0. The molecular weight excluding hydrogens is 232 g/mol. The van der Waals surface area contributed by atoms with Gasteiger partial charge in [-0.05, 0) is 0 Å². The van der Waals surface area contributed by atoms with Crippen LogP contribution < -0.4 is 0 Å². The summed E-state index contributed by atoms with van der Waals surface area (Å²) in [6.45, 7) is 0. The van der Waals surface area contributed by atoms with Crippen LogP contribution in [0.1, 0.15) is 0 Å². The molecule has 0 saturated heterocycles. The zero-order chi connectivity index (χ0) is 2.00. The number of rotatable bonds is 0. The van der Waals surface area contributed by atoms with E-state index in [9.17, 15) is 0 Å². The van der Waals surface area contributed by atoms with Gasteiger partial charge in [-0.3, -0.25) is 4.57 Å². The molecule has 0 bridgehead atoms. The fourth-order valence-electron chi connectivity index (χ4n) is 0. The van der Waals surface area contributed by atoms with Gasteiger partial charge in [-0.15, -0.1) is 0 Å². The molecule has 0 amide bonds. The summed E-state index contributed by atoms with van der Waals surface area (Å²) < 4.78 is 8.06. The molecule has 1 nitrogen and oxygen atoms in total. The van der Waals surface area contributed by atoms with Crippen molar-refractivity contribution in [2.24, 2.45) is 0 Å². The van der Waals surface area contributed by atoms with E-state index >= 15 is 0 Å². The summed E-state index contributed by atoms with van der Waals surface area (Å²) in [7, 11) is 1.72. The van der Waals surface area contributed by atoms with Gasteiger partial charge in [-0.2, -0.15) is 0 Å². The van der Waals surface area contributed by atoms with Gasteiger partial charge < -0.3 is 0 Å². The Kier molecular flexibility index (Phi) is 73.5. The molecule has 0 radical (unpaired) electrons. The maximum absolute atomic E-state index is 8.06. The maximum Gasteiger partial charge on any atom is 0 e. The summed E-state index contributed by atoms with van der Waals surface area (Å²) in [5, 5.41) is 0. The molecule has 0 spiro atoms. The van der Waals surface area contributed by atoms with Crippen molar-refractivity contribution in [1.82, 2.24) is 0 Å². The molecule has 0 aromatic carbocycles. The molecule has 20 valence electrons. The van der Waals surface area contributed by atoms with Gasteiger partial charge in [0.1, 0.15) is 9.12 Å². The van der Waals surface area contributed by atoms with Gasteiger partial charge in [0.05, 0.1) is 0 Å². The molecule has 0 aromatic rings. The Morgan fingerprint density at radius 3 is 1.25 bits per heavy atom. The van der Waals surface area contributed by atoms with Crippen LogP contribution in [0.3, 0.4) is 0 Å². The fourth-order valence-corrected chi connectivity index (χ4v) is 0. The molecule has 0 rings (SSSR count). The van der Waals surface area contributed by atoms with Crippen LogP contribution in [0.15, 0.2) is 0 Å². The van der Waals surface area contributed by atoms with Crippen LogP contribution in [0.25, 0.3) is 0 Å². The smallest absolute Gasteiger partial charge is 0 e. The van der Waals surface area contributed by atoms with Crippen molar-refractivity contribution < 1.29 is 26.3 Å². The van der Waals surface area contributed by atoms with Gasteiger partial charge in [0.15, 0.2) is 0 Å². The van der Waals surface area contributed by atoms with E-state index in [1.54, 1.807) is 9.12 Å². The summed E-state index contributed by atoms with van der Waals surface area (Å²) >= 11 is 0. The quantitative estimate of drug-likeness (QED) is 0.411. The normalized spacial score (nSPS) is 1.00. The van der Waals surface area contributed by atoms with E-state index in [0.717, 1.165) is 0 Å². The monoisotopic (exact) mass is 236 g/mol. The SMILES string of the molecule is O=P.[BaH2].[Ti]. The van der Waals surface area contributed by atoms with Gasteiger partial charge >= 0.3 is 48.9 Å². The summed E-state index contributed by atoms with van der Waals surface area (Å²) in [6, 6.07) is 0. The molecule has 4 heavy (non-hydrogen) atoms. The fraction of sp³-hybridized carbons (Fsp3) is 0. The van der Waals surface area contributed by atoms with Crippen molar-refractivity contribution in [1.29, 1.82) is 0 Å². The Hall–Kier alpha value is 2.39. The topological polar surface area (TPSA) is 17.1 Å². The zero-order valence-electron chi connectivity index (χ0n) is 1.41.